The van der Waals surface area contributed by atoms with Crippen LogP contribution in [-0.2, 0) is 6.42 Å². The largest absolute Gasteiger partial charge is 0.508 e. The summed E-state index contributed by atoms with van der Waals surface area (Å²) in [5.41, 5.74) is 0.0378. The highest BCUT2D eigenvalue weighted by Crippen LogP contribution is 2.41. The average Bonchev–Trinajstić information content (AvgIpc) is 2.89. The summed E-state index contributed by atoms with van der Waals surface area (Å²) >= 11 is 5.93. The number of benzene rings is 1. The van der Waals surface area contributed by atoms with E-state index in [4.69, 9.17) is 16.3 Å². The Morgan fingerprint density at radius 2 is 2.13 bits per heavy atom. The average molecular weight is 229 g/mol. The Labute approximate surface area is 93.3 Å². The van der Waals surface area contributed by atoms with Gasteiger partial charge in [-0.25, -0.2) is 0 Å². The molecular formula is C11H13ClO3. The van der Waals surface area contributed by atoms with Crippen LogP contribution in [0.2, 0.25) is 5.02 Å². The van der Waals surface area contributed by atoms with Gasteiger partial charge in [-0.1, -0.05) is 11.6 Å². The van der Waals surface area contributed by atoms with Gasteiger partial charge < -0.3 is 14.9 Å². The normalized spacial score (nSPS) is 17.5. The summed E-state index contributed by atoms with van der Waals surface area (Å²) in [4.78, 5) is 0. The van der Waals surface area contributed by atoms with Crippen LogP contribution in [-0.4, -0.2) is 22.9 Å². The van der Waals surface area contributed by atoms with Crippen molar-refractivity contribution < 1.29 is 14.9 Å². The second kappa shape index (κ2) is 3.58. The molecule has 82 valence electrons. The molecule has 0 aliphatic heterocycles. The maximum atomic E-state index is 9.74. The summed E-state index contributed by atoms with van der Waals surface area (Å²) in [6.45, 7) is 0. The van der Waals surface area contributed by atoms with Crippen molar-refractivity contribution in [3.05, 3.63) is 22.7 Å². The molecule has 0 atom stereocenters. The molecule has 1 aromatic carbocycles. The van der Waals surface area contributed by atoms with Gasteiger partial charge in [0, 0.05) is 12.5 Å². The van der Waals surface area contributed by atoms with Gasteiger partial charge >= 0.3 is 0 Å². The first-order valence-corrected chi connectivity index (χ1v) is 5.20. The van der Waals surface area contributed by atoms with E-state index in [2.05, 4.69) is 0 Å². The Morgan fingerprint density at radius 1 is 1.47 bits per heavy atom. The van der Waals surface area contributed by atoms with Gasteiger partial charge in [0.15, 0.2) is 0 Å². The van der Waals surface area contributed by atoms with Gasteiger partial charge in [0.1, 0.15) is 11.5 Å². The number of phenols is 1. The van der Waals surface area contributed by atoms with Crippen LogP contribution in [0.1, 0.15) is 18.4 Å². The number of rotatable bonds is 3. The summed E-state index contributed by atoms with van der Waals surface area (Å²) in [6, 6.07) is 3.12. The first kappa shape index (κ1) is 10.6. The Bertz CT molecular complexity index is 386. The number of aromatic hydroxyl groups is 1. The number of phenolic OH excluding ortho intramolecular Hbond substituents is 1. The standard InChI is InChI=1S/C11H13ClO3/c1-15-10-5-9(13)7(4-8(10)12)6-11(14)2-3-11/h4-5,13-14H,2-3,6H2,1H3. The van der Waals surface area contributed by atoms with E-state index in [0.717, 1.165) is 12.8 Å². The zero-order valence-corrected chi connectivity index (χ0v) is 9.21. The minimum absolute atomic E-state index is 0.122. The zero-order valence-electron chi connectivity index (χ0n) is 8.46. The van der Waals surface area contributed by atoms with E-state index in [1.165, 1.54) is 13.2 Å². The van der Waals surface area contributed by atoms with E-state index in [1.807, 2.05) is 0 Å². The molecule has 0 spiro atoms. The molecule has 3 nitrogen and oxygen atoms in total. The number of methoxy groups -OCH3 is 1. The molecule has 1 aromatic rings. The van der Waals surface area contributed by atoms with Crippen molar-refractivity contribution in [2.24, 2.45) is 0 Å². The Morgan fingerprint density at radius 3 is 2.67 bits per heavy atom. The minimum Gasteiger partial charge on any atom is -0.508 e. The maximum Gasteiger partial charge on any atom is 0.141 e. The van der Waals surface area contributed by atoms with Gasteiger partial charge in [0.05, 0.1) is 17.7 Å². The molecule has 0 unspecified atom stereocenters. The van der Waals surface area contributed by atoms with Crippen molar-refractivity contribution in [1.29, 1.82) is 0 Å². The lowest BCUT2D eigenvalue weighted by molar-refractivity contribution is 0.150. The zero-order chi connectivity index (χ0) is 11.1. The fraction of sp³-hybridized carbons (Fsp3) is 0.455. The third-order valence-corrected chi connectivity index (χ3v) is 3.00. The van der Waals surface area contributed by atoms with Crippen LogP contribution >= 0.6 is 11.6 Å². The van der Waals surface area contributed by atoms with Crippen LogP contribution in [0.4, 0.5) is 0 Å². The summed E-state index contributed by atoms with van der Waals surface area (Å²) in [5.74, 6) is 0.567. The summed E-state index contributed by atoms with van der Waals surface area (Å²) < 4.78 is 4.97. The molecule has 15 heavy (non-hydrogen) atoms. The monoisotopic (exact) mass is 228 g/mol. The highest BCUT2D eigenvalue weighted by Gasteiger charge is 2.40. The molecule has 1 saturated carbocycles. The fourth-order valence-electron chi connectivity index (χ4n) is 1.56. The highest BCUT2D eigenvalue weighted by molar-refractivity contribution is 6.32. The van der Waals surface area contributed by atoms with Crippen LogP contribution in [0.15, 0.2) is 12.1 Å². The van der Waals surface area contributed by atoms with Crippen LogP contribution in [0.5, 0.6) is 11.5 Å². The van der Waals surface area contributed by atoms with E-state index in [9.17, 15) is 10.2 Å². The van der Waals surface area contributed by atoms with Gasteiger partial charge in [-0.3, -0.25) is 0 Å². The lowest BCUT2D eigenvalue weighted by atomic mass is 10.1. The van der Waals surface area contributed by atoms with Gasteiger partial charge in [-0.15, -0.1) is 0 Å². The summed E-state index contributed by atoms with van der Waals surface area (Å²) in [6.07, 6.45) is 2.02. The quantitative estimate of drug-likeness (QED) is 0.833. The Kier molecular flexibility index (Phi) is 2.52. The van der Waals surface area contributed by atoms with Crippen molar-refractivity contribution in [3.8, 4) is 11.5 Å². The second-order valence-electron chi connectivity index (χ2n) is 4.02. The van der Waals surface area contributed by atoms with Crippen LogP contribution in [0.25, 0.3) is 0 Å². The third kappa shape index (κ3) is 2.19. The number of ether oxygens (including phenoxy) is 1. The van der Waals surface area contributed by atoms with Gasteiger partial charge in [0.2, 0.25) is 0 Å². The smallest absolute Gasteiger partial charge is 0.141 e. The van der Waals surface area contributed by atoms with Gasteiger partial charge in [-0.2, -0.15) is 0 Å². The van der Waals surface area contributed by atoms with Crippen molar-refractivity contribution in [1.82, 2.24) is 0 Å². The molecule has 4 heteroatoms. The molecule has 0 saturated heterocycles. The predicted octanol–water partition coefficient (Wildman–Crippen LogP) is 2.12. The lowest BCUT2D eigenvalue weighted by Crippen LogP contribution is -2.10. The SMILES string of the molecule is COc1cc(O)c(CC2(O)CC2)cc1Cl. The molecule has 1 aliphatic rings. The lowest BCUT2D eigenvalue weighted by Gasteiger charge is -2.11. The van der Waals surface area contributed by atoms with E-state index in [0.29, 0.717) is 22.8 Å². The number of hydrogen-bond donors (Lipinski definition) is 2. The Balaban J connectivity index is 2.28. The predicted molar refractivity (Wildman–Crippen MR) is 57.6 cm³/mol. The summed E-state index contributed by atoms with van der Waals surface area (Å²) in [7, 11) is 1.49. The number of halogens is 1. The van der Waals surface area contributed by atoms with E-state index >= 15 is 0 Å². The minimum atomic E-state index is -0.630. The van der Waals surface area contributed by atoms with Gasteiger partial charge in [0.25, 0.3) is 0 Å². The number of aliphatic hydroxyl groups is 1. The maximum absolute atomic E-state index is 9.74. The molecule has 2 rings (SSSR count). The van der Waals surface area contributed by atoms with Crippen LogP contribution in [0.3, 0.4) is 0 Å². The van der Waals surface area contributed by atoms with E-state index < -0.39 is 5.60 Å². The molecule has 0 amide bonds. The van der Waals surface area contributed by atoms with Gasteiger partial charge in [-0.05, 0) is 24.5 Å². The molecular weight excluding hydrogens is 216 g/mol. The molecule has 2 N–H and O–H groups in total. The Hall–Kier alpha value is -0.930. The first-order valence-electron chi connectivity index (χ1n) is 4.82. The third-order valence-electron chi connectivity index (χ3n) is 2.70. The van der Waals surface area contributed by atoms with Crippen molar-refractivity contribution in [2.45, 2.75) is 24.9 Å². The highest BCUT2D eigenvalue weighted by atomic mass is 35.5. The van der Waals surface area contributed by atoms with Crippen molar-refractivity contribution in [3.63, 3.8) is 0 Å². The van der Waals surface area contributed by atoms with Crippen molar-refractivity contribution >= 4 is 11.6 Å². The molecule has 1 aliphatic carbocycles. The summed E-state index contributed by atoms with van der Waals surface area (Å²) in [5, 5.41) is 19.9. The first-order chi connectivity index (χ1) is 7.04. The molecule has 0 heterocycles. The molecule has 1 fully saturated rings. The number of hydrogen-bond acceptors (Lipinski definition) is 3. The van der Waals surface area contributed by atoms with Crippen LogP contribution < -0.4 is 4.74 Å². The van der Waals surface area contributed by atoms with Crippen LogP contribution in [0, 0.1) is 0 Å². The molecule has 0 radical (unpaired) electrons. The molecule has 0 bridgehead atoms. The topological polar surface area (TPSA) is 49.7 Å². The van der Waals surface area contributed by atoms with E-state index in [1.54, 1.807) is 6.07 Å². The van der Waals surface area contributed by atoms with Crippen molar-refractivity contribution in [2.75, 3.05) is 7.11 Å². The van der Waals surface area contributed by atoms with E-state index in [-0.39, 0.29) is 5.75 Å². The fourth-order valence-corrected chi connectivity index (χ4v) is 1.82. The molecule has 0 aromatic heterocycles. The second-order valence-corrected chi connectivity index (χ2v) is 4.42.